The number of nitrogens with zero attached hydrogens (tertiary/aromatic N) is 2. The van der Waals surface area contributed by atoms with Crippen LogP contribution in [0.5, 0.6) is 0 Å². The van der Waals surface area contributed by atoms with E-state index in [4.69, 9.17) is 10.9 Å². The lowest BCUT2D eigenvalue weighted by atomic mass is 9.96. The Labute approximate surface area is 98.3 Å². The first-order valence-electron chi connectivity index (χ1n) is 5.69. The normalized spacial score (nSPS) is 20.8. The summed E-state index contributed by atoms with van der Waals surface area (Å²) in [6, 6.07) is 0. The summed E-state index contributed by atoms with van der Waals surface area (Å²) in [5, 5.41) is 11.5. The third kappa shape index (κ3) is 5.25. The first-order chi connectivity index (χ1) is 7.92. The van der Waals surface area contributed by atoms with Gasteiger partial charge in [-0.05, 0) is 38.9 Å². The Balaban J connectivity index is 2.19. The van der Waals surface area contributed by atoms with Crippen molar-refractivity contribution in [1.82, 2.24) is 4.90 Å². The van der Waals surface area contributed by atoms with E-state index in [1.165, 1.54) is 0 Å². The van der Waals surface area contributed by atoms with Crippen LogP contribution in [-0.2, 0) is 0 Å². The first kappa shape index (κ1) is 14.1. The van der Waals surface area contributed by atoms with Gasteiger partial charge in [-0.3, -0.25) is 0 Å². The molecule has 0 amide bonds. The van der Waals surface area contributed by atoms with E-state index in [1.54, 1.807) is 0 Å². The van der Waals surface area contributed by atoms with Crippen LogP contribution in [0.1, 0.15) is 25.7 Å². The molecule has 0 radical (unpaired) electrons. The van der Waals surface area contributed by atoms with Gasteiger partial charge in [-0.25, -0.2) is 0 Å². The third-order valence-corrected chi connectivity index (χ3v) is 3.06. The number of likely N-dealkylation sites (tertiary alicyclic amines) is 1. The van der Waals surface area contributed by atoms with Gasteiger partial charge in [0.2, 0.25) is 0 Å². The minimum atomic E-state index is -4.06. The molecule has 17 heavy (non-hydrogen) atoms. The molecule has 7 heteroatoms. The quantitative estimate of drug-likeness (QED) is 0.347. The topological polar surface area (TPSA) is 61.9 Å². The van der Waals surface area contributed by atoms with Crippen molar-refractivity contribution in [3.63, 3.8) is 0 Å². The lowest BCUT2D eigenvalue weighted by Crippen LogP contribution is -2.39. The Hall–Kier alpha value is -0.980. The molecule has 1 saturated heterocycles. The number of hydrogen-bond donors (Lipinski definition) is 2. The van der Waals surface area contributed by atoms with Crippen LogP contribution in [0.3, 0.4) is 0 Å². The fourth-order valence-corrected chi connectivity index (χ4v) is 2.04. The van der Waals surface area contributed by atoms with Crippen molar-refractivity contribution in [2.24, 2.45) is 16.8 Å². The maximum absolute atomic E-state index is 11.9. The van der Waals surface area contributed by atoms with Gasteiger partial charge in [0.15, 0.2) is 0 Å². The molecule has 0 atom stereocenters. The number of alkyl halides is 3. The average molecular weight is 253 g/mol. The van der Waals surface area contributed by atoms with Gasteiger partial charge in [0.1, 0.15) is 5.84 Å². The number of oxime groups is 1. The molecule has 1 heterocycles. The number of halogens is 3. The van der Waals surface area contributed by atoms with Crippen molar-refractivity contribution in [3.05, 3.63) is 0 Å². The summed E-state index contributed by atoms with van der Waals surface area (Å²) < 4.78 is 35.8. The van der Waals surface area contributed by atoms with Crippen molar-refractivity contribution in [2.45, 2.75) is 31.9 Å². The van der Waals surface area contributed by atoms with Gasteiger partial charge in [-0.15, -0.1) is 0 Å². The zero-order chi connectivity index (χ0) is 12.9. The Kier molecular flexibility index (Phi) is 5.04. The minimum absolute atomic E-state index is 0.0545. The Morgan fingerprint density at radius 2 is 1.94 bits per heavy atom. The van der Waals surface area contributed by atoms with Crippen LogP contribution in [0.15, 0.2) is 5.16 Å². The van der Waals surface area contributed by atoms with Gasteiger partial charge in [0.25, 0.3) is 0 Å². The molecule has 0 aromatic rings. The van der Waals surface area contributed by atoms with Gasteiger partial charge < -0.3 is 15.8 Å². The van der Waals surface area contributed by atoms with Crippen molar-refractivity contribution >= 4 is 5.84 Å². The van der Waals surface area contributed by atoms with E-state index < -0.39 is 12.6 Å². The fraction of sp³-hybridized carbons (Fsp3) is 0.900. The standard InChI is InChI=1S/C10H18F3N3O/c11-10(12,13)4-1-5-16-6-2-8(3-7-16)9(14)15-17/h8,17H,1-7H2,(H2,14,15). The predicted octanol–water partition coefficient (Wildman–Crippen LogP) is 1.79. The molecule has 0 aromatic heterocycles. The van der Waals surface area contributed by atoms with E-state index in [0.29, 0.717) is 19.6 Å². The van der Waals surface area contributed by atoms with Crippen LogP contribution in [0.25, 0.3) is 0 Å². The molecule has 0 spiro atoms. The molecule has 0 aliphatic carbocycles. The number of piperidine rings is 1. The minimum Gasteiger partial charge on any atom is -0.409 e. The van der Waals surface area contributed by atoms with Gasteiger partial charge in [-0.2, -0.15) is 13.2 Å². The smallest absolute Gasteiger partial charge is 0.389 e. The average Bonchev–Trinajstić information content (AvgIpc) is 2.27. The number of rotatable bonds is 4. The third-order valence-electron chi connectivity index (χ3n) is 3.06. The first-order valence-corrected chi connectivity index (χ1v) is 5.69. The lowest BCUT2D eigenvalue weighted by Gasteiger charge is -2.31. The summed E-state index contributed by atoms with van der Waals surface area (Å²) in [5.41, 5.74) is 5.48. The van der Waals surface area contributed by atoms with E-state index in [-0.39, 0.29) is 18.2 Å². The van der Waals surface area contributed by atoms with Crippen LogP contribution >= 0.6 is 0 Å². The zero-order valence-electron chi connectivity index (χ0n) is 9.58. The van der Waals surface area contributed by atoms with Gasteiger partial charge >= 0.3 is 6.18 Å². The number of hydrogen-bond acceptors (Lipinski definition) is 3. The van der Waals surface area contributed by atoms with Crippen molar-refractivity contribution in [3.8, 4) is 0 Å². The molecular weight excluding hydrogens is 235 g/mol. The Morgan fingerprint density at radius 3 is 2.41 bits per heavy atom. The van der Waals surface area contributed by atoms with E-state index in [2.05, 4.69) is 5.16 Å². The second kappa shape index (κ2) is 6.09. The molecule has 1 aliphatic heterocycles. The lowest BCUT2D eigenvalue weighted by molar-refractivity contribution is -0.136. The molecular formula is C10H18F3N3O. The van der Waals surface area contributed by atoms with Gasteiger partial charge in [0, 0.05) is 12.3 Å². The Morgan fingerprint density at radius 1 is 1.35 bits per heavy atom. The highest BCUT2D eigenvalue weighted by molar-refractivity contribution is 5.82. The number of amidine groups is 1. The van der Waals surface area contributed by atoms with Crippen LogP contribution in [0.2, 0.25) is 0 Å². The molecule has 1 fully saturated rings. The van der Waals surface area contributed by atoms with Crippen LogP contribution in [0.4, 0.5) is 13.2 Å². The van der Waals surface area contributed by atoms with E-state index in [1.807, 2.05) is 4.90 Å². The summed E-state index contributed by atoms with van der Waals surface area (Å²) in [5.74, 6) is 0.277. The largest absolute Gasteiger partial charge is 0.409 e. The van der Waals surface area contributed by atoms with Crippen molar-refractivity contribution < 1.29 is 18.4 Å². The summed E-state index contributed by atoms with van der Waals surface area (Å²) in [6.07, 6.45) is -3.18. The fourth-order valence-electron chi connectivity index (χ4n) is 2.04. The summed E-state index contributed by atoms with van der Waals surface area (Å²) >= 11 is 0. The molecule has 1 rings (SSSR count). The second-order valence-corrected chi connectivity index (χ2v) is 4.36. The van der Waals surface area contributed by atoms with Crippen LogP contribution in [0, 0.1) is 5.92 Å². The zero-order valence-corrected chi connectivity index (χ0v) is 9.58. The summed E-state index contributed by atoms with van der Waals surface area (Å²) in [6.45, 7) is 1.87. The predicted molar refractivity (Wildman–Crippen MR) is 57.9 cm³/mol. The SMILES string of the molecule is NC(=NO)C1CCN(CCCC(F)(F)F)CC1. The number of nitrogens with two attached hydrogens (primary N) is 1. The highest BCUT2D eigenvalue weighted by Gasteiger charge is 2.27. The summed E-state index contributed by atoms with van der Waals surface area (Å²) in [7, 11) is 0. The van der Waals surface area contributed by atoms with Crippen molar-refractivity contribution in [1.29, 1.82) is 0 Å². The molecule has 0 saturated carbocycles. The second-order valence-electron chi connectivity index (χ2n) is 4.36. The maximum Gasteiger partial charge on any atom is 0.389 e. The highest BCUT2D eigenvalue weighted by atomic mass is 19.4. The monoisotopic (exact) mass is 253 g/mol. The molecule has 0 aromatic carbocycles. The van der Waals surface area contributed by atoms with E-state index in [0.717, 1.165) is 12.8 Å². The molecule has 4 nitrogen and oxygen atoms in total. The van der Waals surface area contributed by atoms with Gasteiger partial charge in [0.05, 0.1) is 0 Å². The molecule has 0 unspecified atom stereocenters. The summed E-state index contributed by atoms with van der Waals surface area (Å²) in [4.78, 5) is 1.99. The van der Waals surface area contributed by atoms with Crippen LogP contribution in [-0.4, -0.2) is 41.8 Å². The maximum atomic E-state index is 11.9. The molecule has 100 valence electrons. The van der Waals surface area contributed by atoms with E-state index >= 15 is 0 Å². The van der Waals surface area contributed by atoms with E-state index in [9.17, 15) is 13.2 Å². The van der Waals surface area contributed by atoms with Crippen molar-refractivity contribution in [2.75, 3.05) is 19.6 Å². The van der Waals surface area contributed by atoms with Crippen LogP contribution < -0.4 is 5.73 Å². The van der Waals surface area contributed by atoms with Gasteiger partial charge in [-0.1, -0.05) is 5.16 Å². The molecule has 1 aliphatic rings. The molecule has 0 bridgehead atoms. The Bertz CT molecular complexity index is 260. The highest BCUT2D eigenvalue weighted by Crippen LogP contribution is 2.23. The molecule has 3 N–H and O–H groups in total.